The first-order chi connectivity index (χ1) is 16.3. The molecule has 2 amide bonds. The molecule has 0 unspecified atom stereocenters. The van der Waals surface area contributed by atoms with Crippen molar-refractivity contribution in [2.24, 2.45) is 0 Å². The van der Waals surface area contributed by atoms with Gasteiger partial charge in [0.2, 0.25) is 5.91 Å². The first-order valence-corrected chi connectivity index (χ1v) is 11.2. The van der Waals surface area contributed by atoms with Crippen LogP contribution in [0.3, 0.4) is 0 Å². The summed E-state index contributed by atoms with van der Waals surface area (Å²) in [6.45, 7) is 6.90. The van der Waals surface area contributed by atoms with Gasteiger partial charge in [0.15, 0.2) is 0 Å². The second-order valence-electron chi connectivity index (χ2n) is 9.14. The Morgan fingerprint density at radius 3 is 2.74 bits per heavy atom. The number of anilines is 3. The minimum Gasteiger partial charge on any atom is -0.365 e. The van der Waals surface area contributed by atoms with Gasteiger partial charge in [-0.3, -0.25) is 9.59 Å². The van der Waals surface area contributed by atoms with Crippen molar-refractivity contribution < 1.29 is 9.59 Å². The first kappa shape index (κ1) is 21.6. The molecule has 8 heteroatoms. The highest BCUT2D eigenvalue weighted by Crippen LogP contribution is 2.41. The van der Waals surface area contributed by atoms with Gasteiger partial charge in [-0.1, -0.05) is 19.9 Å². The van der Waals surface area contributed by atoms with E-state index in [4.69, 9.17) is 0 Å². The van der Waals surface area contributed by atoms with Crippen LogP contribution in [-0.2, 0) is 16.8 Å². The number of aromatic amines is 1. The highest BCUT2D eigenvalue weighted by atomic mass is 16.2. The van der Waals surface area contributed by atoms with Crippen LogP contribution >= 0.6 is 0 Å². The lowest BCUT2D eigenvalue weighted by molar-refractivity contribution is -0.116. The van der Waals surface area contributed by atoms with Crippen LogP contribution in [0.4, 0.5) is 17.2 Å². The number of carbonyl (C=O) groups is 2. The molecule has 0 saturated heterocycles. The van der Waals surface area contributed by atoms with Crippen LogP contribution in [0.2, 0.25) is 0 Å². The normalized spacial score (nSPS) is 14.1. The molecule has 1 aliphatic heterocycles. The van der Waals surface area contributed by atoms with Gasteiger partial charge < -0.3 is 20.5 Å². The van der Waals surface area contributed by atoms with Gasteiger partial charge in [0.25, 0.3) is 5.91 Å². The van der Waals surface area contributed by atoms with E-state index < -0.39 is 0 Å². The number of aromatic nitrogens is 3. The van der Waals surface area contributed by atoms with Crippen molar-refractivity contribution in [3.05, 3.63) is 77.7 Å². The molecule has 4 heterocycles. The number of amides is 2. The Balaban J connectivity index is 1.36. The van der Waals surface area contributed by atoms with E-state index in [1.54, 1.807) is 36.4 Å². The van der Waals surface area contributed by atoms with Crippen molar-refractivity contribution in [3.63, 3.8) is 0 Å². The molecule has 0 saturated carbocycles. The maximum absolute atomic E-state index is 13.2. The van der Waals surface area contributed by atoms with Gasteiger partial charge in [0, 0.05) is 60.8 Å². The van der Waals surface area contributed by atoms with Crippen LogP contribution in [0, 0.1) is 0 Å². The number of nitrogens with zero attached hydrogens (tertiary/aromatic N) is 3. The molecule has 0 radical (unpaired) electrons. The van der Waals surface area contributed by atoms with Gasteiger partial charge in [-0.25, -0.2) is 9.97 Å². The van der Waals surface area contributed by atoms with Crippen LogP contribution < -0.4 is 15.5 Å². The van der Waals surface area contributed by atoms with Crippen molar-refractivity contribution in [1.82, 2.24) is 15.0 Å². The van der Waals surface area contributed by atoms with Crippen LogP contribution in [-0.4, -0.2) is 33.3 Å². The van der Waals surface area contributed by atoms with E-state index in [9.17, 15) is 9.59 Å². The number of H-pyrrole nitrogens is 1. The van der Waals surface area contributed by atoms with Crippen molar-refractivity contribution >= 4 is 40.0 Å². The molecule has 4 aromatic rings. The molecular formula is C26H26N6O2. The molecule has 0 bridgehead atoms. The molecule has 0 spiro atoms. The van der Waals surface area contributed by atoms with Crippen LogP contribution in [0.25, 0.3) is 11.0 Å². The summed E-state index contributed by atoms with van der Waals surface area (Å²) in [5, 5.41) is 7.26. The SMILES string of the molecule is CC(=O)N1CC(C)(C)c2ccc(NC(=O)c3cccnc3NCc3c[nH]c4ncccc34)cc21. The quantitative estimate of drug-likeness (QED) is 0.413. The van der Waals surface area contributed by atoms with Crippen LogP contribution in [0.5, 0.6) is 0 Å². The molecule has 1 aromatic carbocycles. The lowest BCUT2D eigenvalue weighted by atomic mass is 9.87. The largest absolute Gasteiger partial charge is 0.365 e. The Morgan fingerprint density at radius 1 is 1.12 bits per heavy atom. The first-order valence-electron chi connectivity index (χ1n) is 11.2. The monoisotopic (exact) mass is 454 g/mol. The molecule has 0 atom stereocenters. The summed E-state index contributed by atoms with van der Waals surface area (Å²) in [4.78, 5) is 38.9. The highest BCUT2D eigenvalue weighted by Gasteiger charge is 2.37. The van der Waals surface area contributed by atoms with Gasteiger partial charge >= 0.3 is 0 Å². The van der Waals surface area contributed by atoms with Gasteiger partial charge in [0.05, 0.1) is 5.56 Å². The number of hydrogen-bond donors (Lipinski definition) is 3. The summed E-state index contributed by atoms with van der Waals surface area (Å²) in [5.74, 6) is 0.204. The van der Waals surface area contributed by atoms with Crippen molar-refractivity contribution in [1.29, 1.82) is 0 Å². The lowest BCUT2D eigenvalue weighted by Crippen LogP contribution is -2.32. The second-order valence-corrected chi connectivity index (χ2v) is 9.14. The molecule has 172 valence electrons. The van der Waals surface area contributed by atoms with E-state index >= 15 is 0 Å². The smallest absolute Gasteiger partial charge is 0.259 e. The number of fused-ring (bicyclic) bond motifs is 2. The number of pyridine rings is 2. The van der Waals surface area contributed by atoms with E-state index in [0.717, 1.165) is 27.8 Å². The topological polar surface area (TPSA) is 103 Å². The summed E-state index contributed by atoms with van der Waals surface area (Å²) >= 11 is 0. The fraction of sp³-hybridized carbons (Fsp3) is 0.231. The predicted octanol–water partition coefficient (Wildman–Crippen LogP) is 4.47. The Kier molecular flexibility index (Phi) is 5.28. The van der Waals surface area contributed by atoms with Crippen molar-refractivity contribution in [3.8, 4) is 0 Å². The zero-order valence-electron chi connectivity index (χ0n) is 19.3. The van der Waals surface area contributed by atoms with E-state index in [-0.39, 0.29) is 17.2 Å². The van der Waals surface area contributed by atoms with Gasteiger partial charge in [-0.15, -0.1) is 0 Å². The summed E-state index contributed by atoms with van der Waals surface area (Å²) in [5.41, 5.74) is 4.71. The maximum Gasteiger partial charge on any atom is 0.259 e. The predicted molar refractivity (Wildman–Crippen MR) is 133 cm³/mol. The van der Waals surface area contributed by atoms with Crippen molar-refractivity contribution in [2.75, 3.05) is 22.1 Å². The number of rotatable bonds is 5. The molecule has 0 aliphatic carbocycles. The Labute approximate surface area is 197 Å². The fourth-order valence-electron chi connectivity index (χ4n) is 4.52. The summed E-state index contributed by atoms with van der Waals surface area (Å²) < 4.78 is 0. The molecular weight excluding hydrogens is 428 g/mol. The minimum absolute atomic E-state index is 0.0125. The average molecular weight is 455 g/mol. The molecule has 8 nitrogen and oxygen atoms in total. The Hall–Kier alpha value is -4.20. The summed E-state index contributed by atoms with van der Waals surface area (Å²) in [7, 11) is 0. The number of nitrogens with one attached hydrogen (secondary N) is 3. The molecule has 5 rings (SSSR count). The van der Waals surface area contributed by atoms with E-state index in [2.05, 4.69) is 39.4 Å². The second kappa shape index (κ2) is 8.30. The number of carbonyl (C=O) groups excluding carboxylic acids is 2. The van der Waals surface area contributed by atoms with Crippen LogP contribution in [0.15, 0.2) is 61.1 Å². The molecule has 0 fully saturated rings. The van der Waals surface area contributed by atoms with Crippen molar-refractivity contribution in [2.45, 2.75) is 32.7 Å². The maximum atomic E-state index is 13.2. The number of benzene rings is 1. The third-order valence-corrected chi connectivity index (χ3v) is 6.24. The zero-order valence-corrected chi connectivity index (χ0v) is 19.3. The molecule has 34 heavy (non-hydrogen) atoms. The van der Waals surface area contributed by atoms with Crippen LogP contribution in [0.1, 0.15) is 42.3 Å². The Bertz CT molecular complexity index is 1410. The fourth-order valence-corrected chi connectivity index (χ4v) is 4.52. The lowest BCUT2D eigenvalue weighted by Gasteiger charge is -2.19. The molecule has 3 N–H and O–H groups in total. The summed E-state index contributed by atoms with van der Waals surface area (Å²) in [6, 6.07) is 13.1. The average Bonchev–Trinajstić information content (AvgIpc) is 3.36. The summed E-state index contributed by atoms with van der Waals surface area (Å²) in [6.07, 6.45) is 5.30. The van der Waals surface area contributed by atoms with E-state index in [0.29, 0.717) is 30.2 Å². The van der Waals surface area contributed by atoms with E-state index in [1.165, 1.54) is 0 Å². The van der Waals surface area contributed by atoms with E-state index in [1.807, 2.05) is 36.5 Å². The minimum atomic E-state index is -0.275. The molecule has 3 aromatic heterocycles. The highest BCUT2D eigenvalue weighted by molar-refractivity contribution is 6.08. The zero-order chi connectivity index (χ0) is 23.9. The third-order valence-electron chi connectivity index (χ3n) is 6.24. The standard InChI is InChI=1S/C26H26N6O2/c1-16(33)32-15-26(2,3)21-9-8-18(12-22(21)32)31-25(34)20-7-5-11-28-24(20)30-14-17-13-29-23-19(17)6-4-10-27-23/h4-13H,14-15H2,1-3H3,(H,27,29)(H,28,30)(H,31,34). The molecule has 1 aliphatic rings. The third kappa shape index (κ3) is 3.87. The van der Waals surface area contributed by atoms with Gasteiger partial charge in [-0.2, -0.15) is 0 Å². The van der Waals surface area contributed by atoms with Gasteiger partial charge in [0.1, 0.15) is 11.5 Å². The van der Waals surface area contributed by atoms with Gasteiger partial charge in [-0.05, 0) is 47.5 Å². The number of hydrogen-bond acceptors (Lipinski definition) is 5. The Morgan fingerprint density at radius 2 is 1.91 bits per heavy atom.